The first-order valence-corrected chi connectivity index (χ1v) is 9.19. The Morgan fingerprint density at radius 3 is 2.23 bits per heavy atom. The second kappa shape index (κ2) is 10.6. The van der Waals surface area contributed by atoms with Gasteiger partial charge in [0, 0.05) is 29.2 Å². The summed E-state index contributed by atoms with van der Waals surface area (Å²) in [6, 6.07) is 10.6. The van der Waals surface area contributed by atoms with Crippen molar-refractivity contribution in [3.8, 4) is 0 Å². The minimum atomic E-state index is -4.51. The normalized spacial score (nSPS) is 10.9. The second-order valence-electron chi connectivity index (χ2n) is 6.20. The van der Waals surface area contributed by atoms with E-state index in [4.69, 9.17) is 16.3 Å². The number of benzene rings is 2. The molecule has 30 heavy (non-hydrogen) atoms. The van der Waals surface area contributed by atoms with E-state index >= 15 is 0 Å². The van der Waals surface area contributed by atoms with Crippen molar-refractivity contribution in [1.82, 2.24) is 0 Å². The van der Waals surface area contributed by atoms with Gasteiger partial charge in [0.15, 0.2) is 6.61 Å². The summed E-state index contributed by atoms with van der Waals surface area (Å²) >= 11 is 5.74. The molecule has 0 heterocycles. The molecule has 0 saturated carbocycles. The molecule has 10 heteroatoms. The number of nitrogens with one attached hydrogen (secondary N) is 2. The lowest BCUT2D eigenvalue weighted by Gasteiger charge is -2.10. The average Bonchev–Trinajstić information content (AvgIpc) is 2.68. The van der Waals surface area contributed by atoms with Crippen molar-refractivity contribution in [2.75, 3.05) is 17.2 Å². The van der Waals surface area contributed by atoms with Gasteiger partial charge in [0.2, 0.25) is 5.91 Å². The minimum Gasteiger partial charge on any atom is -0.456 e. The topological polar surface area (TPSA) is 84.5 Å². The van der Waals surface area contributed by atoms with Gasteiger partial charge in [0.25, 0.3) is 5.91 Å². The Morgan fingerprint density at radius 1 is 0.900 bits per heavy atom. The maximum atomic E-state index is 12.7. The van der Waals surface area contributed by atoms with Gasteiger partial charge in [-0.05, 0) is 48.9 Å². The van der Waals surface area contributed by atoms with E-state index in [9.17, 15) is 27.6 Å². The Labute approximate surface area is 175 Å². The first kappa shape index (κ1) is 23.2. The molecule has 160 valence electrons. The zero-order valence-corrected chi connectivity index (χ0v) is 16.3. The van der Waals surface area contributed by atoms with Gasteiger partial charge < -0.3 is 15.4 Å². The van der Waals surface area contributed by atoms with Gasteiger partial charge in [0.05, 0.1) is 5.56 Å². The number of hydrogen-bond donors (Lipinski definition) is 2. The SMILES string of the molecule is O=C(CCCC(=O)OCC(=O)Nc1ccc(Cl)cc1)Nc1cccc(C(F)(F)F)c1. The molecule has 0 spiro atoms. The van der Waals surface area contributed by atoms with Crippen LogP contribution in [-0.2, 0) is 25.3 Å². The molecule has 0 fully saturated rings. The third kappa shape index (κ3) is 8.12. The van der Waals surface area contributed by atoms with Crippen molar-refractivity contribution < 1.29 is 32.3 Å². The molecule has 0 atom stereocenters. The van der Waals surface area contributed by atoms with Gasteiger partial charge >= 0.3 is 12.1 Å². The molecule has 2 aromatic rings. The molecule has 2 N–H and O–H groups in total. The smallest absolute Gasteiger partial charge is 0.416 e. The van der Waals surface area contributed by atoms with Crippen LogP contribution in [0, 0.1) is 0 Å². The Balaban J connectivity index is 1.67. The van der Waals surface area contributed by atoms with E-state index in [-0.39, 0.29) is 24.9 Å². The first-order valence-electron chi connectivity index (χ1n) is 8.81. The summed E-state index contributed by atoms with van der Waals surface area (Å²) < 4.78 is 42.8. The maximum Gasteiger partial charge on any atom is 0.416 e. The van der Waals surface area contributed by atoms with Crippen LogP contribution in [0.5, 0.6) is 0 Å². The van der Waals surface area contributed by atoms with Crippen LogP contribution in [-0.4, -0.2) is 24.4 Å². The van der Waals surface area contributed by atoms with Crippen LogP contribution in [0.25, 0.3) is 0 Å². The fraction of sp³-hybridized carbons (Fsp3) is 0.250. The number of amides is 2. The average molecular weight is 443 g/mol. The van der Waals surface area contributed by atoms with Crippen LogP contribution in [0.15, 0.2) is 48.5 Å². The quantitative estimate of drug-likeness (QED) is 0.583. The number of ether oxygens (including phenoxy) is 1. The summed E-state index contributed by atoms with van der Waals surface area (Å²) in [6.07, 6.45) is -4.61. The number of carbonyl (C=O) groups excluding carboxylic acids is 3. The summed E-state index contributed by atoms with van der Waals surface area (Å²) in [5, 5.41) is 5.38. The minimum absolute atomic E-state index is 0.0104. The number of rotatable bonds is 8. The van der Waals surface area contributed by atoms with E-state index < -0.39 is 36.1 Å². The van der Waals surface area contributed by atoms with Crippen molar-refractivity contribution >= 4 is 40.8 Å². The van der Waals surface area contributed by atoms with Gasteiger partial charge in [0.1, 0.15) is 0 Å². The third-order valence-electron chi connectivity index (χ3n) is 3.75. The molecular weight excluding hydrogens is 425 g/mol. The first-order chi connectivity index (χ1) is 14.1. The molecule has 0 unspecified atom stereocenters. The predicted octanol–water partition coefficient (Wildman–Crippen LogP) is 4.65. The molecule has 2 amide bonds. The van der Waals surface area contributed by atoms with Crippen molar-refractivity contribution in [1.29, 1.82) is 0 Å². The molecule has 0 radical (unpaired) electrons. The van der Waals surface area contributed by atoms with Crippen molar-refractivity contribution in [3.63, 3.8) is 0 Å². The van der Waals surface area contributed by atoms with Crippen LogP contribution in [0.4, 0.5) is 24.5 Å². The van der Waals surface area contributed by atoms with Crippen molar-refractivity contribution in [2.45, 2.75) is 25.4 Å². The van der Waals surface area contributed by atoms with E-state index in [2.05, 4.69) is 10.6 Å². The predicted molar refractivity (Wildman–Crippen MR) is 105 cm³/mol. The van der Waals surface area contributed by atoms with Crippen LogP contribution in [0.3, 0.4) is 0 Å². The number of hydrogen-bond acceptors (Lipinski definition) is 4. The van der Waals surface area contributed by atoms with E-state index in [1.165, 1.54) is 12.1 Å². The van der Waals surface area contributed by atoms with Crippen LogP contribution >= 0.6 is 11.6 Å². The molecule has 6 nitrogen and oxygen atoms in total. The Hall–Kier alpha value is -3.07. The number of esters is 1. The third-order valence-corrected chi connectivity index (χ3v) is 4.00. The highest BCUT2D eigenvalue weighted by Gasteiger charge is 2.30. The lowest BCUT2D eigenvalue weighted by atomic mass is 10.2. The van der Waals surface area contributed by atoms with Gasteiger partial charge in [-0.2, -0.15) is 13.2 Å². The largest absolute Gasteiger partial charge is 0.456 e. The summed E-state index contributed by atoms with van der Waals surface area (Å²) in [7, 11) is 0. The Kier molecular flexibility index (Phi) is 8.23. The van der Waals surface area contributed by atoms with Crippen molar-refractivity contribution in [2.24, 2.45) is 0 Å². The van der Waals surface area contributed by atoms with Gasteiger partial charge in [-0.1, -0.05) is 17.7 Å². The molecule has 2 rings (SSSR count). The fourth-order valence-electron chi connectivity index (χ4n) is 2.34. The molecule has 0 bridgehead atoms. The number of carbonyl (C=O) groups is 3. The molecule has 0 aliphatic rings. The summed E-state index contributed by atoms with van der Waals surface area (Å²) in [4.78, 5) is 35.2. The monoisotopic (exact) mass is 442 g/mol. The summed E-state index contributed by atoms with van der Waals surface area (Å²) in [5.74, 6) is -1.75. The Bertz CT molecular complexity index is 902. The van der Waals surface area contributed by atoms with E-state index in [0.29, 0.717) is 10.7 Å². The lowest BCUT2D eigenvalue weighted by Crippen LogP contribution is -2.21. The van der Waals surface area contributed by atoms with Gasteiger partial charge in [-0.25, -0.2) is 0 Å². The molecule has 0 aromatic heterocycles. The van der Waals surface area contributed by atoms with Gasteiger partial charge in [-0.15, -0.1) is 0 Å². The molecule has 2 aromatic carbocycles. The Morgan fingerprint density at radius 2 is 1.57 bits per heavy atom. The van der Waals surface area contributed by atoms with Crippen LogP contribution in [0.2, 0.25) is 5.02 Å². The van der Waals surface area contributed by atoms with Crippen LogP contribution < -0.4 is 10.6 Å². The lowest BCUT2D eigenvalue weighted by molar-refractivity contribution is -0.147. The van der Waals surface area contributed by atoms with Crippen LogP contribution in [0.1, 0.15) is 24.8 Å². The number of anilines is 2. The summed E-state index contributed by atoms with van der Waals surface area (Å²) in [5.41, 5.74) is -0.372. The molecule has 0 aliphatic heterocycles. The summed E-state index contributed by atoms with van der Waals surface area (Å²) in [6.45, 7) is -0.488. The number of halogens is 4. The number of alkyl halides is 3. The second-order valence-corrected chi connectivity index (χ2v) is 6.63. The zero-order chi connectivity index (χ0) is 22.1. The van der Waals surface area contributed by atoms with Crippen molar-refractivity contribution in [3.05, 3.63) is 59.1 Å². The highest BCUT2D eigenvalue weighted by atomic mass is 35.5. The fourth-order valence-corrected chi connectivity index (χ4v) is 2.46. The maximum absolute atomic E-state index is 12.7. The van der Waals surface area contributed by atoms with Gasteiger partial charge in [-0.3, -0.25) is 14.4 Å². The van der Waals surface area contributed by atoms with E-state index in [1.807, 2.05) is 0 Å². The molecule has 0 aliphatic carbocycles. The molecular formula is C20H18ClF3N2O4. The van der Waals surface area contributed by atoms with E-state index in [1.54, 1.807) is 24.3 Å². The molecule has 0 saturated heterocycles. The highest BCUT2D eigenvalue weighted by Crippen LogP contribution is 2.30. The van der Waals surface area contributed by atoms with E-state index in [0.717, 1.165) is 12.1 Å². The zero-order valence-electron chi connectivity index (χ0n) is 15.6. The standard InChI is InChI=1S/C20H18ClF3N2O4/c21-14-7-9-15(10-8-14)25-18(28)12-30-19(29)6-2-5-17(27)26-16-4-1-3-13(11-16)20(22,23)24/h1,3-4,7-11H,2,5-6,12H2,(H,25,28)(H,26,27). The highest BCUT2D eigenvalue weighted by molar-refractivity contribution is 6.30.